The van der Waals surface area contributed by atoms with E-state index in [2.05, 4.69) is 0 Å². The van der Waals surface area contributed by atoms with Crippen molar-refractivity contribution >= 4 is 10.8 Å². The van der Waals surface area contributed by atoms with Crippen LogP contribution >= 0.6 is 0 Å². The second kappa shape index (κ2) is 3.62. The Morgan fingerprint density at radius 3 is 2.15 bits per heavy atom. The Kier molecular flexibility index (Phi) is 2.91. The monoisotopic (exact) mass is 196 g/mol. The van der Waals surface area contributed by atoms with Gasteiger partial charge in [-0.3, -0.25) is 4.21 Å². The summed E-state index contributed by atoms with van der Waals surface area (Å²) in [5.41, 5.74) is 1.11. The summed E-state index contributed by atoms with van der Waals surface area (Å²) in [5.74, 6) is 0. The summed E-state index contributed by atoms with van der Waals surface area (Å²) in [6.07, 6.45) is 0. The quantitative estimate of drug-likeness (QED) is 0.675. The van der Waals surface area contributed by atoms with Crippen molar-refractivity contribution in [1.29, 1.82) is 0 Å². The molecule has 0 fully saturated rings. The lowest BCUT2D eigenvalue weighted by atomic mass is 10.2. The summed E-state index contributed by atoms with van der Waals surface area (Å²) in [5, 5.41) is 0. The van der Waals surface area contributed by atoms with E-state index >= 15 is 0 Å². The summed E-state index contributed by atoms with van der Waals surface area (Å²) in [6.45, 7) is 7.99. The van der Waals surface area contributed by atoms with E-state index < -0.39 is 10.8 Å². The van der Waals surface area contributed by atoms with E-state index in [0.717, 1.165) is 10.5 Å². The number of hydrogen-bond acceptors (Lipinski definition) is 1. The Balaban J connectivity index is 3.10. The second-order valence-corrected chi connectivity index (χ2v) is 6.35. The Morgan fingerprint density at radius 1 is 1.15 bits per heavy atom. The highest BCUT2D eigenvalue weighted by atomic mass is 32.2. The van der Waals surface area contributed by atoms with Crippen molar-refractivity contribution in [1.82, 2.24) is 0 Å². The Bertz CT molecular complexity index is 323. The van der Waals surface area contributed by atoms with Gasteiger partial charge in [-0.25, -0.2) is 0 Å². The SMILES string of the molecule is Cc1ccccc1[S@@](=O)C(C)(C)C. The molecule has 0 aliphatic rings. The molecule has 0 spiro atoms. The Morgan fingerprint density at radius 2 is 1.69 bits per heavy atom. The third-order valence-electron chi connectivity index (χ3n) is 1.85. The summed E-state index contributed by atoms with van der Waals surface area (Å²) in [4.78, 5) is 0.954. The molecule has 1 rings (SSSR count). The first-order valence-electron chi connectivity index (χ1n) is 4.40. The van der Waals surface area contributed by atoms with E-state index in [4.69, 9.17) is 0 Å². The van der Waals surface area contributed by atoms with Crippen molar-refractivity contribution in [3.05, 3.63) is 29.8 Å². The molecule has 72 valence electrons. The van der Waals surface area contributed by atoms with Crippen molar-refractivity contribution in [2.24, 2.45) is 0 Å². The molecule has 0 unspecified atom stereocenters. The molecule has 0 radical (unpaired) electrons. The van der Waals surface area contributed by atoms with Crippen LogP contribution in [0.15, 0.2) is 29.2 Å². The maximum Gasteiger partial charge on any atom is 0.0586 e. The van der Waals surface area contributed by atoms with Gasteiger partial charge in [0.2, 0.25) is 0 Å². The van der Waals surface area contributed by atoms with Gasteiger partial charge in [0.25, 0.3) is 0 Å². The third kappa shape index (κ3) is 2.41. The van der Waals surface area contributed by atoms with E-state index in [9.17, 15) is 4.21 Å². The molecular formula is C11H16OS. The van der Waals surface area contributed by atoms with E-state index in [1.807, 2.05) is 52.0 Å². The van der Waals surface area contributed by atoms with Crippen LogP contribution in [0.1, 0.15) is 26.3 Å². The lowest BCUT2D eigenvalue weighted by molar-refractivity contribution is 0.648. The van der Waals surface area contributed by atoms with Gasteiger partial charge in [0.15, 0.2) is 0 Å². The molecule has 0 amide bonds. The smallest absolute Gasteiger partial charge is 0.0586 e. The first kappa shape index (κ1) is 10.5. The zero-order chi connectivity index (χ0) is 10.1. The van der Waals surface area contributed by atoms with Crippen LogP contribution in [0.3, 0.4) is 0 Å². The molecule has 1 atom stereocenters. The lowest BCUT2D eigenvalue weighted by Crippen LogP contribution is -2.22. The van der Waals surface area contributed by atoms with Gasteiger partial charge in [-0.05, 0) is 39.3 Å². The molecule has 1 aromatic rings. The highest BCUT2D eigenvalue weighted by molar-refractivity contribution is 7.86. The predicted molar refractivity (Wildman–Crippen MR) is 57.3 cm³/mol. The van der Waals surface area contributed by atoms with Gasteiger partial charge in [0.1, 0.15) is 0 Å². The standard InChI is InChI=1S/C11H16OS/c1-9-7-5-6-8-10(9)13(12)11(2,3)4/h5-8H,1-4H3/t13-/m1/s1. The molecular weight excluding hydrogens is 180 g/mol. The topological polar surface area (TPSA) is 17.1 Å². The van der Waals surface area contributed by atoms with Crippen LogP contribution in [0.2, 0.25) is 0 Å². The molecule has 0 saturated carbocycles. The highest BCUT2D eigenvalue weighted by Crippen LogP contribution is 2.22. The van der Waals surface area contributed by atoms with Crippen molar-refractivity contribution in [3.63, 3.8) is 0 Å². The van der Waals surface area contributed by atoms with Crippen LogP contribution in [-0.2, 0) is 10.8 Å². The van der Waals surface area contributed by atoms with Crippen LogP contribution in [0.5, 0.6) is 0 Å². The van der Waals surface area contributed by atoms with Crippen LogP contribution in [0.4, 0.5) is 0 Å². The van der Waals surface area contributed by atoms with E-state index in [0.29, 0.717) is 0 Å². The molecule has 0 aliphatic heterocycles. The molecule has 0 aromatic heterocycles. The maximum absolute atomic E-state index is 12.0. The molecule has 1 nitrogen and oxygen atoms in total. The van der Waals surface area contributed by atoms with Crippen molar-refractivity contribution in [3.8, 4) is 0 Å². The number of aryl methyl sites for hydroxylation is 1. The Labute approximate surface area is 82.6 Å². The van der Waals surface area contributed by atoms with Gasteiger partial charge in [-0.15, -0.1) is 0 Å². The largest absolute Gasteiger partial charge is 0.254 e. The minimum Gasteiger partial charge on any atom is -0.254 e. The molecule has 13 heavy (non-hydrogen) atoms. The molecule has 2 heteroatoms. The van der Waals surface area contributed by atoms with Gasteiger partial charge < -0.3 is 0 Å². The van der Waals surface area contributed by atoms with Crippen LogP contribution in [-0.4, -0.2) is 8.96 Å². The van der Waals surface area contributed by atoms with Gasteiger partial charge in [-0.1, -0.05) is 18.2 Å². The molecule has 0 heterocycles. The van der Waals surface area contributed by atoms with Crippen LogP contribution in [0, 0.1) is 6.92 Å². The second-order valence-electron chi connectivity index (χ2n) is 4.15. The van der Waals surface area contributed by atoms with Crippen LogP contribution < -0.4 is 0 Å². The summed E-state index contributed by atoms with van der Waals surface area (Å²) >= 11 is 0. The maximum atomic E-state index is 12.0. The van der Waals surface area contributed by atoms with E-state index in [1.165, 1.54) is 0 Å². The highest BCUT2D eigenvalue weighted by Gasteiger charge is 2.21. The van der Waals surface area contributed by atoms with Crippen LogP contribution in [0.25, 0.3) is 0 Å². The van der Waals surface area contributed by atoms with Gasteiger partial charge in [0.05, 0.1) is 10.8 Å². The van der Waals surface area contributed by atoms with Gasteiger partial charge in [-0.2, -0.15) is 0 Å². The fraction of sp³-hybridized carbons (Fsp3) is 0.455. The normalized spacial score (nSPS) is 14.2. The fourth-order valence-corrected chi connectivity index (χ4v) is 2.32. The molecule has 0 bridgehead atoms. The molecule has 0 N–H and O–H groups in total. The van der Waals surface area contributed by atoms with E-state index in [1.54, 1.807) is 0 Å². The summed E-state index contributed by atoms with van der Waals surface area (Å²) in [7, 11) is -0.912. The number of benzene rings is 1. The predicted octanol–water partition coefficient (Wildman–Crippen LogP) is 2.90. The Hall–Kier alpha value is -0.630. The summed E-state index contributed by atoms with van der Waals surface area (Å²) in [6, 6.07) is 7.85. The zero-order valence-corrected chi connectivity index (χ0v) is 9.44. The van der Waals surface area contributed by atoms with Gasteiger partial charge >= 0.3 is 0 Å². The summed E-state index contributed by atoms with van der Waals surface area (Å²) < 4.78 is 11.8. The average molecular weight is 196 g/mol. The van der Waals surface area contributed by atoms with Crippen molar-refractivity contribution < 1.29 is 4.21 Å². The first-order chi connectivity index (χ1) is 5.93. The van der Waals surface area contributed by atoms with Gasteiger partial charge in [0, 0.05) is 9.64 Å². The molecule has 0 saturated heterocycles. The van der Waals surface area contributed by atoms with Crippen molar-refractivity contribution in [2.75, 3.05) is 0 Å². The number of rotatable bonds is 1. The van der Waals surface area contributed by atoms with Crippen molar-refractivity contribution in [2.45, 2.75) is 37.3 Å². The fourth-order valence-electron chi connectivity index (χ4n) is 1.09. The minimum absolute atomic E-state index is 0.174. The molecule has 0 aliphatic carbocycles. The number of hydrogen-bond donors (Lipinski definition) is 0. The first-order valence-corrected chi connectivity index (χ1v) is 5.55. The van der Waals surface area contributed by atoms with E-state index in [-0.39, 0.29) is 4.75 Å². The average Bonchev–Trinajstić information content (AvgIpc) is 2.02. The molecule has 1 aromatic carbocycles. The third-order valence-corrected chi connectivity index (χ3v) is 3.82. The minimum atomic E-state index is -0.912. The lowest BCUT2D eigenvalue weighted by Gasteiger charge is -2.18. The zero-order valence-electron chi connectivity index (χ0n) is 8.63.